The van der Waals surface area contributed by atoms with Crippen LogP contribution in [0.25, 0.3) is 0 Å². The highest BCUT2D eigenvalue weighted by Gasteiger charge is 2.25. The molecule has 0 amide bonds. The standard InChI is InChI=1S/C33H35NO5/c1-36-30-14-13-25(28(20-35)33(30)39-22-24-11-7-4-8-12-24)17-29-27-19-32(38-21-23-9-5-3-6-10-23)31(37-2)18-26(27)15-16-34-29/h3-14,18-19,29,34-35H,15-17,20-22H2,1-2H3/i1D3,16D2. The minimum absolute atomic E-state index is 0.0117. The Balaban J connectivity index is 1.50. The van der Waals surface area contributed by atoms with E-state index >= 15 is 0 Å². The van der Waals surface area contributed by atoms with Crippen LogP contribution in [0.15, 0.2) is 84.9 Å². The summed E-state index contributed by atoms with van der Waals surface area (Å²) >= 11 is 0. The molecule has 5 rings (SSSR count). The highest BCUT2D eigenvalue weighted by Crippen LogP contribution is 2.40. The van der Waals surface area contributed by atoms with Gasteiger partial charge in [-0.3, -0.25) is 0 Å². The first kappa shape index (κ1) is 20.9. The SMILES string of the molecule is [2H]C1([2H])Cc2cc(OC)c(OCc3ccccc3)cc2C(Cc2ccc(OC([2H])([2H])[2H])c(OCc3ccccc3)c2CO)N1. The van der Waals surface area contributed by atoms with Gasteiger partial charge in [-0.1, -0.05) is 66.7 Å². The minimum atomic E-state index is -2.73. The molecule has 39 heavy (non-hydrogen) atoms. The van der Waals surface area contributed by atoms with Crippen LogP contribution in [-0.4, -0.2) is 25.8 Å². The molecule has 0 saturated carbocycles. The molecule has 2 N–H and O–H groups in total. The van der Waals surface area contributed by atoms with Gasteiger partial charge in [-0.15, -0.1) is 0 Å². The van der Waals surface area contributed by atoms with Crippen molar-refractivity contribution in [3.63, 3.8) is 0 Å². The van der Waals surface area contributed by atoms with Crippen LogP contribution in [0.2, 0.25) is 0 Å². The second-order valence-corrected chi connectivity index (χ2v) is 9.30. The van der Waals surface area contributed by atoms with Crippen LogP contribution in [0.4, 0.5) is 0 Å². The Morgan fingerprint density at radius 2 is 1.59 bits per heavy atom. The number of aliphatic hydroxyl groups excluding tert-OH is 1. The predicted molar refractivity (Wildman–Crippen MR) is 152 cm³/mol. The number of nitrogens with one attached hydrogen (secondary N) is 1. The van der Waals surface area contributed by atoms with Crippen LogP contribution < -0.4 is 24.3 Å². The van der Waals surface area contributed by atoms with Crippen molar-refractivity contribution in [2.24, 2.45) is 0 Å². The van der Waals surface area contributed by atoms with Gasteiger partial charge < -0.3 is 29.4 Å². The van der Waals surface area contributed by atoms with Crippen molar-refractivity contribution in [1.29, 1.82) is 0 Å². The molecule has 0 bridgehead atoms. The van der Waals surface area contributed by atoms with E-state index in [4.69, 9.17) is 25.8 Å². The summed E-state index contributed by atoms with van der Waals surface area (Å²) < 4.78 is 63.2. The lowest BCUT2D eigenvalue weighted by Gasteiger charge is -2.29. The van der Waals surface area contributed by atoms with Gasteiger partial charge in [0.15, 0.2) is 23.0 Å². The van der Waals surface area contributed by atoms with Gasteiger partial charge in [0.2, 0.25) is 0 Å². The third kappa shape index (κ3) is 6.19. The highest BCUT2D eigenvalue weighted by atomic mass is 16.5. The van der Waals surface area contributed by atoms with Crippen molar-refractivity contribution in [3.8, 4) is 23.0 Å². The van der Waals surface area contributed by atoms with Gasteiger partial charge in [0.25, 0.3) is 0 Å². The summed E-state index contributed by atoms with van der Waals surface area (Å²) in [6.07, 6.45) is 0.389. The highest BCUT2D eigenvalue weighted by molar-refractivity contribution is 5.53. The molecule has 1 heterocycles. The molecule has 1 aliphatic heterocycles. The molecule has 0 aliphatic carbocycles. The first-order valence-electron chi connectivity index (χ1n) is 15.3. The normalized spacial score (nSPS) is 17.9. The van der Waals surface area contributed by atoms with E-state index in [0.29, 0.717) is 29.2 Å². The van der Waals surface area contributed by atoms with Gasteiger partial charge in [-0.25, -0.2) is 0 Å². The van der Waals surface area contributed by atoms with E-state index < -0.39 is 26.2 Å². The number of hydrogen-bond acceptors (Lipinski definition) is 6. The molecule has 6 heteroatoms. The summed E-state index contributed by atoms with van der Waals surface area (Å²) in [5, 5.41) is 13.6. The number of rotatable bonds is 11. The molecule has 202 valence electrons. The Morgan fingerprint density at radius 1 is 0.872 bits per heavy atom. The summed E-state index contributed by atoms with van der Waals surface area (Å²) in [4.78, 5) is 0. The largest absolute Gasteiger partial charge is 0.493 e. The molecule has 0 spiro atoms. The first-order chi connectivity index (χ1) is 21.0. The summed E-state index contributed by atoms with van der Waals surface area (Å²) in [5.41, 5.74) is 4.48. The zero-order valence-electron chi connectivity index (χ0n) is 26.8. The maximum atomic E-state index is 10.5. The number of fused-ring (bicyclic) bond motifs is 1. The van der Waals surface area contributed by atoms with Crippen molar-refractivity contribution in [1.82, 2.24) is 5.32 Å². The van der Waals surface area contributed by atoms with E-state index in [0.717, 1.165) is 22.3 Å². The number of methoxy groups -OCH3 is 2. The quantitative estimate of drug-likeness (QED) is 0.256. The summed E-state index contributed by atoms with van der Waals surface area (Å²) in [7, 11) is -1.17. The Kier molecular flexibility index (Phi) is 6.80. The summed E-state index contributed by atoms with van der Waals surface area (Å²) in [6.45, 7) is -1.70. The Labute approximate surface area is 237 Å². The van der Waals surface area contributed by atoms with Crippen molar-refractivity contribution >= 4 is 0 Å². The lowest BCUT2D eigenvalue weighted by Crippen LogP contribution is -2.31. The molecule has 4 aromatic carbocycles. The van der Waals surface area contributed by atoms with Gasteiger partial charge >= 0.3 is 0 Å². The molecular formula is C33H35NO5. The molecule has 4 aromatic rings. The van der Waals surface area contributed by atoms with Crippen LogP contribution in [0.1, 0.15) is 46.3 Å². The fraction of sp³-hybridized carbons (Fsp3) is 0.273. The van der Waals surface area contributed by atoms with Crippen LogP contribution in [-0.2, 0) is 32.7 Å². The van der Waals surface area contributed by atoms with Gasteiger partial charge in [0, 0.05) is 14.3 Å². The molecule has 0 fully saturated rings. The molecule has 0 saturated heterocycles. The zero-order valence-corrected chi connectivity index (χ0v) is 21.8. The van der Waals surface area contributed by atoms with E-state index in [9.17, 15) is 5.11 Å². The van der Waals surface area contributed by atoms with E-state index in [1.165, 1.54) is 6.07 Å². The van der Waals surface area contributed by atoms with Gasteiger partial charge in [0.05, 0.1) is 24.9 Å². The minimum Gasteiger partial charge on any atom is -0.493 e. The smallest absolute Gasteiger partial charge is 0.167 e. The topological polar surface area (TPSA) is 69.2 Å². The van der Waals surface area contributed by atoms with Crippen LogP contribution in [0.5, 0.6) is 23.0 Å². The summed E-state index contributed by atoms with van der Waals surface area (Å²) in [5.74, 6) is 1.16. The number of ether oxygens (including phenoxy) is 4. The average Bonchev–Trinajstić information content (AvgIpc) is 2.99. The van der Waals surface area contributed by atoms with Gasteiger partial charge in [-0.2, -0.15) is 0 Å². The Bertz CT molecular complexity index is 1560. The second kappa shape index (κ2) is 12.7. The van der Waals surface area contributed by atoms with Gasteiger partial charge in [0.1, 0.15) is 13.2 Å². The lowest BCUT2D eigenvalue weighted by atomic mass is 9.88. The second-order valence-electron chi connectivity index (χ2n) is 9.30. The van der Waals surface area contributed by atoms with E-state index in [1.807, 2.05) is 72.8 Å². The lowest BCUT2D eigenvalue weighted by molar-refractivity contribution is 0.248. The first-order valence-corrected chi connectivity index (χ1v) is 12.8. The van der Waals surface area contributed by atoms with Gasteiger partial charge in [-0.05, 0) is 65.4 Å². The van der Waals surface area contributed by atoms with Crippen LogP contribution in [0.3, 0.4) is 0 Å². The molecule has 1 atom stereocenters. The number of benzene rings is 4. The molecule has 0 aromatic heterocycles. The van der Waals surface area contributed by atoms with Crippen molar-refractivity contribution in [2.75, 3.05) is 20.6 Å². The molecule has 0 radical (unpaired) electrons. The van der Waals surface area contributed by atoms with Crippen molar-refractivity contribution in [3.05, 3.63) is 118 Å². The third-order valence-corrected chi connectivity index (χ3v) is 6.83. The molecule has 6 nitrogen and oxygen atoms in total. The molecule has 1 unspecified atom stereocenters. The monoisotopic (exact) mass is 530 g/mol. The fourth-order valence-electron chi connectivity index (χ4n) is 4.81. The maximum Gasteiger partial charge on any atom is 0.167 e. The zero-order chi connectivity index (χ0) is 31.3. The number of aryl methyl sites for hydroxylation is 1. The Hall–Kier alpha value is -4.00. The Morgan fingerprint density at radius 3 is 2.26 bits per heavy atom. The van der Waals surface area contributed by atoms with Crippen molar-refractivity contribution < 1.29 is 30.9 Å². The summed E-state index contributed by atoms with van der Waals surface area (Å²) in [6, 6.07) is 25.5. The van der Waals surface area contributed by atoms with E-state index in [1.54, 1.807) is 13.2 Å². The van der Waals surface area contributed by atoms with E-state index in [-0.39, 0.29) is 30.9 Å². The third-order valence-electron chi connectivity index (χ3n) is 6.83. The fourth-order valence-corrected chi connectivity index (χ4v) is 4.81. The average molecular weight is 531 g/mol. The number of hydrogen-bond donors (Lipinski definition) is 2. The van der Waals surface area contributed by atoms with E-state index in [2.05, 4.69) is 5.32 Å². The van der Waals surface area contributed by atoms with Crippen LogP contribution in [0, 0.1) is 0 Å². The molecule has 1 aliphatic rings. The van der Waals surface area contributed by atoms with Crippen LogP contribution >= 0.6 is 0 Å². The molecular weight excluding hydrogens is 490 g/mol. The predicted octanol–water partition coefficient (Wildman–Crippen LogP) is 5.78. The number of aliphatic hydroxyl groups is 1. The van der Waals surface area contributed by atoms with Crippen molar-refractivity contribution in [2.45, 2.75) is 38.7 Å². The maximum absolute atomic E-state index is 10.5.